The second-order valence-electron chi connectivity index (χ2n) is 6.06. The summed E-state index contributed by atoms with van der Waals surface area (Å²) in [6.45, 7) is -0.439. The summed E-state index contributed by atoms with van der Waals surface area (Å²) >= 11 is 8.31. The summed E-state index contributed by atoms with van der Waals surface area (Å²) in [4.78, 5) is 23.8. The van der Waals surface area contributed by atoms with E-state index in [1.165, 1.54) is 0 Å². The molecule has 154 valence electrons. The van der Waals surface area contributed by atoms with E-state index in [1.54, 1.807) is 30.3 Å². The lowest BCUT2D eigenvalue weighted by Gasteiger charge is -2.12. The van der Waals surface area contributed by atoms with E-state index >= 15 is 0 Å². The van der Waals surface area contributed by atoms with Crippen molar-refractivity contribution < 1.29 is 19.1 Å². The van der Waals surface area contributed by atoms with Crippen molar-refractivity contribution in [1.29, 1.82) is 0 Å². The van der Waals surface area contributed by atoms with Crippen LogP contribution in [0.4, 0.5) is 0 Å². The largest absolute Gasteiger partial charge is 0.484 e. The smallest absolute Gasteiger partial charge is 0.276 e. The fourth-order valence-corrected chi connectivity index (χ4v) is 2.93. The van der Waals surface area contributed by atoms with Crippen LogP contribution in [0.3, 0.4) is 0 Å². The maximum Gasteiger partial charge on any atom is 0.276 e. The van der Waals surface area contributed by atoms with Gasteiger partial charge >= 0.3 is 0 Å². The average Bonchev–Trinajstić information content (AvgIpc) is 2.76. The minimum atomic E-state index is -0.458. The second-order valence-corrected chi connectivity index (χ2v) is 7.38. The van der Waals surface area contributed by atoms with Crippen LogP contribution in [0.2, 0.25) is 0 Å². The number of nitrogens with one attached hydrogen (secondary N) is 3. The lowest BCUT2D eigenvalue weighted by Crippen LogP contribution is -2.50. The zero-order chi connectivity index (χ0) is 21.3. The van der Waals surface area contributed by atoms with Crippen molar-refractivity contribution in [2.24, 2.45) is 0 Å². The molecule has 0 radical (unpaired) electrons. The molecule has 9 heteroatoms. The van der Waals surface area contributed by atoms with Crippen LogP contribution in [0, 0.1) is 0 Å². The number of carbonyl (C=O) groups is 2. The quantitative estimate of drug-likeness (QED) is 0.365. The summed E-state index contributed by atoms with van der Waals surface area (Å²) in [6.07, 6.45) is 0. The lowest BCUT2D eigenvalue weighted by molar-refractivity contribution is -0.124. The van der Waals surface area contributed by atoms with Crippen LogP contribution >= 0.6 is 28.1 Å². The zero-order valence-corrected chi connectivity index (χ0v) is 18.1. The maximum absolute atomic E-state index is 12.0. The zero-order valence-electron chi connectivity index (χ0n) is 15.7. The fourth-order valence-electron chi connectivity index (χ4n) is 2.50. The van der Waals surface area contributed by atoms with Gasteiger partial charge in [0.05, 0.1) is 0 Å². The molecule has 0 spiro atoms. The highest BCUT2D eigenvalue weighted by Crippen LogP contribution is 2.24. The Morgan fingerprint density at radius 2 is 1.53 bits per heavy atom. The summed E-state index contributed by atoms with van der Waals surface area (Å²) in [6, 6.07) is 20.4. The molecule has 0 fully saturated rings. The van der Waals surface area contributed by atoms with Crippen LogP contribution < -0.4 is 25.6 Å². The number of thiocarbonyl (C=S) groups is 1. The van der Waals surface area contributed by atoms with Gasteiger partial charge in [-0.05, 0) is 47.9 Å². The van der Waals surface area contributed by atoms with Crippen LogP contribution in [0.25, 0.3) is 10.8 Å². The molecule has 0 heterocycles. The number of carbonyl (C=O) groups excluding carboxylic acids is 2. The van der Waals surface area contributed by atoms with Crippen molar-refractivity contribution in [3.8, 4) is 11.5 Å². The number of benzene rings is 3. The first-order chi connectivity index (χ1) is 14.5. The normalized spacial score (nSPS) is 10.2. The summed E-state index contributed by atoms with van der Waals surface area (Å²) < 4.78 is 11.8. The van der Waals surface area contributed by atoms with Gasteiger partial charge in [0.1, 0.15) is 11.5 Å². The van der Waals surface area contributed by atoms with Gasteiger partial charge in [0.15, 0.2) is 18.3 Å². The van der Waals surface area contributed by atoms with Crippen LogP contribution in [-0.4, -0.2) is 30.1 Å². The standard InChI is InChI=1S/C21H18BrN3O4S/c22-15-8-10-16(11-9-15)28-13-20(27)24-25-21(30)23-19(26)12-29-18-7-3-5-14-4-1-2-6-17(14)18/h1-11H,12-13H2,(H,24,27)(H2,23,25,26,30). The van der Waals surface area contributed by atoms with E-state index in [9.17, 15) is 9.59 Å². The van der Waals surface area contributed by atoms with Crippen molar-refractivity contribution in [1.82, 2.24) is 16.2 Å². The van der Waals surface area contributed by atoms with Gasteiger partial charge in [-0.3, -0.25) is 25.8 Å². The summed E-state index contributed by atoms with van der Waals surface area (Å²) in [5.41, 5.74) is 4.79. The number of fused-ring (bicyclic) bond motifs is 1. The average molecular weight is 488 g/mol. The molecule has 0 unspecified atom stereocenters. The Hall–Kier alpha value is -3.17. The third kappa shape index (κ3) is 6.43. The molecular formula is C21H18BrN3O4S. The maximum atomic E-state index is 12.0. The molecule has 0 aliphatic rings. The van der Waals surface area contributed by atoms with Gasteiger partial charge in [-0.15, -0.1) is 0 Å². The Kier molecular flexibility index (Phi) is 7.58. The Bertz CT molecular complexity index is 1050. The topological polar surface area (TPSA) is 88.7 Å². The predicted octanol–water partition coefficient (Wildman–Crippen LogP) is 3.08. The van der Waals surface area contributed by atoms with E-state index in [2.05, 4.69) is 32.1 Å². The van der Waals surface area contributed by atoms with Gasteiger partial charge in [0.25, 0.3) is 11.8 Å². The summed E-state index contributed by atoms with van der Waals surface area (Å²) in [5, 5.41) is 4.30. The first-order valence-electron chi connectivity index (χ1n) is 8.89. The van der Waals surface area contributed by atoms with Gasteiger partial charge in [-0.1, -0.05) is 52.3 Å². The van der Waals surface area contributed by atoms with Crippen LogP contribution in [-0.2, 0) is 9.59 Å². The molecule has 0 aliphatic heterocycles. The minimum absolute atomic E-state index is 0.0569. The molecule has 0 aliphatic carbocycles. The number of hydrogen-bond acceptors (Lipinski definition) is 5. The lowest BCUT2D eigenvalue weighted by atomic mass is 10.1. The predicted molar refractivity (Wildman–Crippen MR) is 121 cm³/mol. The summed E-state index contributed by atoms with van der Waals surface area (Å²) in [5.74, 6) is 0.234. The molecule has 0 saturated heterocycles. The molecule has 0 aromatic heterocycles. The minimum Gasteiger partial charge on any atom is -0.484 e. The third-order valence-corrected chi connectivity index (χ3v) is 4.59. The highest BCUT2D eigenvalue weighted by molar-refractivity contribution is 9.10. The molecule has 0 bridgehead atoms. The van der Waals surface area contributed by atoms with E-state index < -0.39 is 11.8 Å². The van der Waals surface area contributed by atoms with Crippen LogP contribution in [0.1, 0.15) is 0 Å². The van der Waals surface area contributed by atoms with Gasteiger partial charge < -0.3 is 9.47 Å². The van der Waals surface area contributed by atoms with Crippen LogP contribution in [0.15, 0.2) is 71.2 Å². The van der Waals surface area contributed by atoms with Crippen molar-refractivity contribution in [2.45, 2.75) is 0 Å². The molecule has 7 nitrogen and oxygen atoms in total. The molecular weight excluding hydrogens is 470 g/mol. The van der Waals surface area contributed by atoms with Crippen LogP contribution in [0.5, 0.6) is 11.5 Å². The number of hydrazine groups is 1. The van der Waals surface area contributed by atoms with Gasteiger partial charge in [0, 0.05) is 9.86 Å². The van der Waals surface area contributed by atoms with E-state index in [0.29, 0.717) is 11.5 Å². The Morgan fingerprint density at radius 1 is 0.833 bits per heavy atom. The monoisotopic (exact) mass is 487 g/mol. The van der Waals surface area contributed by atoms with Gasteiger partial charge in [-0.25, -0.2) is 0 Å². The SMILES string of the molecule is O=C(COc1ccc(Br)cc1)NNC(=S)NC(=O)COc1cccc2ccccc12. The molecule has 2 amide bonds. The second kappa shape index (κ2) is 10.6. The number of hydrogen-bond donors (Lipinski definition) is 3. The molecule has 30 heavy (non-hydrogen) atoms. The molecule has 0 atom stereocenters. The Morgan fingerprint density at radius 3 is 2.33 bits per heavy atom. The number of halogens is 1. The van der Waals surface area contributed by atoms with Crippen molar-refractivity contribution in [3.05, 3.63) is 71.2 Å². The molecule has 3 aromatic carbocycles. The van der Waals surface area contributed by atoms with Gasteiger partial charge in [-0.2, -0.15) is 0 Å². The molecule has 0 saturated carbocycles. The molecule has 3 rings (SSSR count). The van der Waals surface area contributed by atoms with Gasteiger partial charge in [0.2, 0.25) is 0 Å². The van der Waals surface area contributed by atoms with Crippen molar-refractivity contribution >= 4 is 55.8 Å². The number of amides is 2. The highest BCUT2D eigenvalue weighted by Gasteiger charge is 2.09. The molecule has 3 aromatic rings. The number of rotatable bonds is 6. The Balaban J connectivity index is 1.38. The fraction of sp³-hybridized carbons (Fsp3) is 0.0952. The first kappa shape index (κ1) is 21.5. The first-order valence-corrected chi connectivity index (χ1v) is 10.1. The van der Waals surface area contributed by atoms with E-state index in [1.807, 2.05) is 36.4 Å². The Labute approximate surface area is 186 Å². The van der Waals surface area contributed by atoms with Crippen molar-refractivity contribution in [3.63, 3.8) is 0 Å². The summed E-state index contributed by atoms with van der Waals surface area (Å²) in [7, 11) is 0. The number of ether oxygens (including phenoxy) is 2. The third-order valence-electron chi connectivity index (χ3n) is 3.86. The molecule has 3 N–H and O–H groups in total. The highest BCUT2D eigenvalue weighted by atomic mass is 79.9. The van der Waals surface area contributed by atoms with E-state index in [4.69, 9.17) is 21.7 Å². The van der Waals surface area contributed by atoms with Crippen molar-refractivity contribution in [2.75, 3.05) is 13.2 Å². The van der Waals surface area contributed by atoms with E-state index in [0.717, 1.165) is 15.2 Å². The van der Waals surface area contributed by atoms with E-state index in [-0.39, 0.29) is 18.3 Å².